The van der Waals surface area contributed by atoms with Crippen LogP contribution in [0.5, 0.6) is 0 Å². The number of carbonyl (C=O) groups excluding carboxylic acids is 1. The molecule has 0 aromatic heterocycles. The Hall–Kier alpha value is -0.890. The van der Waals surface area contributed by atoms with Gasteiger partial charge >= 0.3 is 0 Å². The molecule has 0 saturated heterocycles. The Morgan fingerprint density at radius 2 is 1.95 bits per heavy atom. The molecule has 0 heterocycles. The van der Waals surface area contributed by atoms with Crippen molar-refractivity contribution >= 4 is 5.78 Å². The molecule has 0 amide bonds. The molecule has 0 aromatic rings. The predicted molar refractivity (Wildman–Crippen MR) is 87.2 cm³/mol. The molecule has 0 radical (unpaired) electrons. The number of fused-ring (bicyclic) bond motifs is 5. The number of allylic oxidation sites excluding steroid dienone is 4. The SMILES string of the molecule is [2H]C1=CC2(C)C(=C([2H])C1=O)[C@H]([2H])CC1C2CCC2(C)C1CC[C@]2(C)O. The van der Waals surface area contributed by atoms with Crippen molar-refractivity contribution in [2.45, 2.75) is 64.9 Å². The van der Waals surface area contributed by atoms with Crippen molar-refractivity contribution in [2.75, 3.05) is 0 Å². The minimum atomic E-state index is -0.656. The van der Waals surface area contributed by atoms with Crippen molar-refractivity contribution in [3.63, 3.8) is 0 Å². The first-order chi connectivity index (χ1) is 11.5. The Balaban J connectivity index is 1.80. The smallest absolute Gasteiger partial charge is 0.178 e. The van der Waals surface area contributed by atoms with Gasteiger partial charge in [-0.1, -0.05) is 25.5 Å². The average Bonchev–Trinajstić information content (AvgIpc) is 2.75. The van der Waals surface area contributed by atoms with Crippen molar-refractivity contribution in [2.24, 2.45) is 28.6 Å². The standard InChI is InChI=1S/C20H28O2/c1-18-9-6-14(21)12-13(18)4-5-15-16(18)7-10-19(2)17(15)8-11-20(19,3)22/h6,9,12,15-17,22H,4-5,7-8,10-11H2,1-3H3/t15?,16?,17?,18?,19?,20-/m0/s1/i4D,6D,12D/t4-,15?,16?,17?,18?,19?,20+/m1. The highest BCUT2D eigenvalue weighted by molar-refractivity contribution is 6.01. The Morgan fingerprint density at radius 1 is 1.23 bits per heavy atom. The van der Waals surface area contributed by atoms with Crippen molar-refractivity contribution < 1.29 is 14.0 Å². The van der Waals surface area contributed by atoms with Crippen molar-refractivity contribution in [3.05, 3.63) is 23.8 Å². The van der Waals surface area contributed by atoms with E-state index >= 15 is 0 Å². The fourth-order valence-corrected chi connectivity index (χ4v) is 6.02. The van der Waals surface area contributed by atoms with Gasteiger partial charge in [0, 0.05) is 6.79 Å². The minimum absolute atomic E-state index is 0.0872. The molecule has 2 nitrogen and oxygen atoms in total. The van der Waals surface area contributed by atoms with E-state index in [2.05, 4.69) is 6.92 Å². The van der Waals surface area contributed by atoms with Crippen LogP contribution < -0.4 is 0 Å². The largest absolute Gasteiger partial charge is 0.390 e. The Kier molecular flexibility index (Phi) is 2.29. The first-order valence-electron chi connectivity index (χ1n) is 10.2. The van der Waals surface area contributed by atoms with Gasteiger partial charge in [0.1, 0.15) is 0 Å². The van der Waals surface area contributed by atoms with Gasteiger partial charge in [0.25, 0.3) is 0 Å². The summed E-state index contributed by atoms with van der Waals surface area (Å²) in [5.74, 6) is 0.411. The molecule has 3 fully saturated rings. The Bertz CT molecular complexity index is 710. The topological polar surface area (TPSA) is 37.3 Å². The van der Waals surface area contributed by atoms with Crippen LogP contribution in [0.2, 0.25) is 0 Å². The van der Waals surface area contributed by atoms with Gasteiger partial charge in [-0.25, -0.2) is 0 Å². The molecule has 1 N–H and O–H groups in total. The van der Waals surface area contributed by atoms with E-state index in [1.165, 1.54) is 0 Å². The molecule has 120 valence electrons. The molecule has 0 aromatic carbocycles. The maximum Gasteiger partial charge on any atom is 0.178 e. The van der Waals surface area contributed by atoms with Crippen LogP contribution in [0, 0.1) is 28.6 Å². The summed E-state index contributed by atoms with van der Waals surface area (Å²) >= 11 is 0. The lowest BCUT2D eigenvalue weighted by Gasteiger charge is -2.57. The van der Waals surface area contributed by atoms with Crippen LogP contribution in [-0.2, 0) is 4.79 Å². The maximum absolute atomic E-state index is 12.1. The van der Waals surface area contributed by atoms with Crippen molar-refractivity contribution in [1.29, 1.82) is 0 Å². The molecule has 0 bridgehead atoms. The van der Waals surface area contributed by atoms with Gasteiger partial charge in [0.05, 0.1) is 8.34 Å². The fraction of sp³-hybridized carbons (Fsp3) is 0.750. The second kappa shape index (κ2) is 4.35. The second-order valence-corrected chi connectivity index (χ2v) is 8.52. The van der Waals surface area contributed by atoms with E-state index in [0.717, 1.165) is 25.7 Å². The predicted octanol–water partition coefficient (Wildman–Crippen LogP) is 4.05. The zero-order valence-electron chi connectivity index (χ0n) is 16.8. The third-order valence-corrected chi connectivity index (χ3v) is 7.70. The summed E-state index contributed by atoms with van der Waals surface area (Å²) in [5.41, 5.74) is -0.680. The van der Waals surface area contributed by atoms with Gasteiger partial charge in [0.15, 0.2) is 5.78 Å². The van der Waals surface area contributed by atoms with Crippen LogP contribution >= 0.6 is 0 Å². The highest BCUT2D eigenvalue weighted by Crippen LogP contribution is 2.66. The van der Waals surface area contributed by atoms with Gasteiger partial charge in [-0.05, 0) is 80.7 Å². The van der Waals surface area contributed by atoms with E-state index < -0.39 is 23.2 Å². The first-order valence-corrected chi connectivity index (χ1v) is 8.63. The van der Waals surface area contributed by atoms with E-state index in [1.54, 1.807) is 6.08 Å². The van der Waals surface area contributed by atoms with E-state index in [4.69, 9.17) is 4.11 Å². The third kappa shape index (κ3) is 1.68. The number of ketones is 1. The first kappa shape index (κ1) is 11.6. The normalized spacial score (nSPS) is 59.7. The minimum Gasteiger partial charge on any atom is -0.390 e. The molecule has 22 heavy (non-hydrogen) atoms. The summed E-state index contributed by atoms with van der Waals surface area (Å²) < 4.78 is 24.9. The summed E-state index contributed by atoms with van der Waals surface area (Å²) in [6, 6.07) is -0.198. The molecule has 2 heteroatoms. The van der Waals surface area contributed by atoms with Crippen LogP contribution in [0.3, 0.4) is 0 Å². The Labute approximate surface area is 137 Å². The van der Waals surface area contributed by atoms with E-state index in [9.17, 15) is 9.90 Å². The van der Waals surface area contributed by atoms with Gasteiger partial charge in [-0.3, -0.25) is 4.79 Å². The lowest BCUT2D eigenvalue weighted by molar-refractivity contribution is -0.114. The highest BCUT2D eigenvalue weighted by atomic mass is 16.3. The molecule has 7 atom stereocenters. The summed E-state index contributed by atoms with van der Waals surface area (Å²) in [6.07, 6.45) is 5.49. The molecule has 0 spiro atoms. The fourth-order valence-electron chi connectivity index (χ4n) is 6.02. The van der Waals surface area contributed by atoms with Crippen LogP contribution in [-0.4, -0.2) is 16.5 Å². The summed E-state index contributed by atoms with van der Waals surface area (Å²) in [6.45, 7) is 6.20. The molecule has 5 unspecified atom stereocenters. The molecule has 4 aliphatic carbocycles. The number of hydrogen-bond acceptors (Lipinski definition) is 2. The van der Waals surface area contributed by atoms with Crippen LogP contribution in [0.4, 0.5) is 0 Å². The number of hydrogen-bond donors (Lipinski definition) is 1. The van der Waals surface area contributed by atoms with E-state index in [-0.39, 0.29) is 23.4 Å². The summed E-state index contributed by atoms with van der Waals surface area (Å²) in [7, 11) is 0. The van der Waals surface area contributed by atoms with Crippen molar-refractivity contribution in [3.8, 4) is 0 Å². The van der Waals surface area contributed by atoms with Crippen LogP contribution in [0.25, 0.3) is 0 Å². The maximum atomic E-state index is 12.1. The van der Waals surface area contributed by atoms with Gasteiger partial charge in [-0.15, -0.1) is 0 Å². The lowest BCUT2D eigenvalue weighted by atomic mass is 9.47. The van der Waals surface area contributed by atoms with E-state index in [0.29, 0.717) is 23.8 Å². The quantitative estimate of drug-likeness (QED) is 0.733. The number of carbonyl (C=O) groups is 1. The molecule has 3 saturated carbocycles. The van der Waals surface area contributed by atoms with E-state index in [1.807, 2.05) is 13.8 Å². The van der Waals surface area contributed by atoms with Crippen LogP contribution in [0.15, 0.2) is 23.8 Å². The Morgan fingerprint density at radius 3 is 2.73 bits per heavy atom. The van der Waals surface area contributed by atoms with Gasteiger partial charge < -0.3 is 5.11 Å². The summed E-state index contributed by atoms with van der Waals surface area (Å²) in [5, 5.41) is 10.9. The number of aliphatic hydroxyl groups is 1. The van der Waals surface area contributed by atoms with Gasteiger partial charge in [0.2, 0.25) is 0 Å². The van der Waals surface area contributed by atoms with Gasteiger partial charge in [-0.2, -0.15) is 0 Å². The zero-order chi connectivity index (χ0) is 18.4. The summed E-state index contributed by atoms with van der Waals surface area (Å²) in [4.78, 5) is 12.1. The highest BCUT2D eigenvalue weighted by Gasteiger charge is 2.61. The molecular weight excluding hydrogens is 272 g/mol. The average molecular weight is 303 g/mol. The van der Waals surface area contributed by atoms with Crippen LogP contribution in [0.1, 0.15) is 63.4 Å². The molecular formula is C20H28O2. The zero-order valence-corrected chi connectivity index (χ0v) is 13.8. The molecule has 0 aliphatic heterocycles. The second-order valence-electron chi connectivity index (χ2n) is 8.52. The lowest BCUT2D eigenvalue weighted by Crippen LogP contribution is -2.53. The molecule has 4 aliphatic rings. The third-order valence-electron chi connectivity index (χ3n) is 7.70. The number of rotatable bonds is 0. The van der Waals surface area contributed by atoms with Crippen molar-refractivity contribution in [1.82, 2.24) is 0 Å². The molecule has 4 rings (SSSR count). The monoisotopic (exact) mass is 303 g/mol.